The lowest BCUT2D eigenvalue weighted by Crippen LogP contribution is -2.31. The van der Waals surface area contributed by atoms with E-state index in [9.17, 15) is 4.79 Å². The molecule has 1 heterocycles. The zero-order valence-electron chi connectivity index (χ0n) is 11.4. The Morgan fingerprint density at radius 1 is 1.39 bits per heavy atom. The summed E-state index contributed by atoms with van der Waals surface area (Å²) in [5, 5.41) is 8.97. The quantitative estimate of drug-likeness (QED) is 0.842. The number of hydrogen-bond donors (Lipinski definition) is 1. The van der Waals surface area contributed by atoms with E-state index in [1.165, 1.54) is 6.20 Å². The first-order valence-corrected chi connectivity index (χ1v) is 6.22. The minimum atomic E-state index is -1.01. The van der Waals surface area contributed by atoms with Gasteiger partial charge in [0.2, 0.25) is 0 Å². The number of aryl methyl sites for hydroxylation is 1. The molecular formula is C13H20N2O3. The van der Waals surface area contributed by atoms with Gasteiger partial charge in [-0.15, -0.1) is 0 Å². The first kappa shape index (κ1) is 14.6. The lowest BCUT2D eigenvalue weighted by atomic mass is 9.95. The Morgan fingerprint density at radius 2 is 2.00 bits per heavy atom. The van der Waals surface area contributed by atoms with Crippen molar-refractivity contribution in [2.75, 3.05) is 6.61 Å². The summed E-state index contributed by atoms with van der Waals surface area (Å²) in [6.07, 6.45) is 2.87. The Hall–Kier alpha value is -1.49. The highest BCUT2D eigenvalue weighted by molar-refractivity contribution is 5.88. The number of rotatable bonds is 6. The Labute approximate surface area is 107 Å². The summed E-state index contributed by atoms with van der Waals surface area (Å²) in [6, 6.07) is 0. The van der Waals surface area contributed by atoms with Gasteiger partial charge in [0.05, 0.1) is 11.3 Å². The van der Waals surface area contributed by atoms with Gasteiger partial charge in [-0.05, 0) is 26.7 Å². The van der Waals surface area contributed by atoms with Crippen LogP contribution in [0.4, 0.5) is 0 Å². The molecule has 0 atom stereocenters. The summed E-state index contributed by atoms with van der Waals surface area (Å²) in [7, 11) is 0. The van der Waals surface area contributed by atoms with Gasteiger partial charge >= 0.3 is 5.97 Å². The largest absolute Gasteiger partial charge is 0.478 e. The smallest absolute Gasteiger partial charge is 0.339 e. The van der Waals surface area contributed by atoms with Crippen molar-refractivity contribution in [1.29, 1.82) is 0 Å². The molecule has 0 saturated heterocycles. The highest BCUT2D eigenvalue weighted by Crippen LogP contribution is 2.30. The highest BCUT2D eigenvalue weighted by atomic mass is 16.5. The van der Waals surface area contributed by atoms with Crippen LogP contribution in [0.3, 0.4) is 0 Å². The number of carboxylic acid groups (broad SMARTS) is 1. The highest BCUT2D eigenvalue weighted by Gasteiger charge is 2.32. The average Bonchev–Trinajstić information content (AvgIpc) is 2.35. The molecule has 0 unspecified atom stereocenters. The minimum absolute atomic E-state index is 0.136. The Kier molecular flexibility index (Phi) is 4.78. The third kappa shape index (κ3) is 2.67. The van der Waals surface area contributed by atoms with Crippen LogP contribution in [0.2, 0.25) is 0 Å². The maximum Gasteiger partial charge on any atom is 0.339 e. The molecule has 0 spiro atoms. The second-order valence-corrected chi connectivity index (χ2v) is 4.13. The first-order valence-electron chi connectivity index (χ1n) is 6.22. The summed E-state index contributed by atoms with van der Waals surface area (Å²) >= 11 is 0. The van der Waals surface area contributed by atoms with E-state index in [2.05, 4.69) is 9.97 Å². The molecule has 0 saturated carbocycles. The monoisotopic (exact) mass is 252 g/mol. The van der Waals surface area contributed by atoms with E-state index in [-0.39, 0.29) is 5.56 Å². The third-order valence-electron chi connectivity index (χ3n) is 3.18. The van der Waals surface area contributed by atoms with Crippen LogP contribution in [0.25, 0.3) is 0 Å². The number of carbonyl (C=O) groups is 1. The zero-order chi connectivity index (χ0) is 13.8. The number of ether oxygens (including phenoxy) is 1. The average molecular weight is 252 g/mol. The van der Waals surface area contributed by atoms with Crippen molar-refractivity contribution in [3.8, 4) is 0 Å². The number of hydrogen-bond acceptors (Lipinski definition) is 4. The second-order valence-electron chi connectivity index (χ2n) is 4.13. The van der Waals surface area contributed by atoms with E-state index in [1.54, 1.807) is 6.92 Å². The van der Waals surface area contributed by atoms with Crippen LogP contribution in [0.1, 0.15) is 55.5 Å². The van der Waals surface area contributed by atoms with Gasteiger partial charge in [0, 0.05) is 12.8 Å². The molecule has 0 aliphatic rings. The Balaban J connectivity index is 3.22. The molecule has 5 heteroatoms. The number of carboxylic acids is 1. The van der Waals surface area contributed by atoms with Gasteiger partial charge < -0.3 is 9.84 Å². The molecular weight excluding hydrogens is 232 g/mol. The standard InChI is InChI=1S/C13H20N2O3/c1-5-13(6-2,18-7-3)12-14-8-10(11(16)17)9(4)15-12/h8H,5-7H2,1-4H3,(H,16,17). The zero-order valence-corrected chi connectivity index (χ0v) is 11.4. The summed E-state index contributed by atoms with van der Waals surface area (Å²) in [6.45, 7) is 8.21. The van der Waals surface area contributed by atoms with Crippen molar-refractivity contribution < 1.29 is 14.6 Å². The van der Waals surface area contributed by atoms with Crippen LogP contribution < -0.4 is 0 Å². The first-order chi connectivity index (χ1) is 8.50. The number of nitrogens with zero attached hydrogens (tertiary/aromatic N) is 2. The van der Waals surface area contributed by atoms with Crippen LogP contribution in [-0.2, 0) is 10.3 Å². The van der Waals surface area contributed by atoms with Crippen molar-refractivity contribution in [1.82, 2.24) is 9.97 Å². The molecule has 1 aromatic rings. The van der Waals surface area contributed by atoms with Crippen LogP contribution in [0, 0.1) is 6.92 Å². The van der Waals surface area contributed by atoms with Crippen LogP contribution >= 0.6 is 0 Å². The summed E-state index contributed by atoms with van der Waals surface area (Å²) in [5.74, 6) is -0.439. The molecule has 0 amide bonds. The van der Waals surface area contributed by atoms with Crippen molar-refractivity contribution >= 4 is 5.97 Å². The normalized spacial score (nSPS) is 11.6. The van der Waals surface area contributed by atoms with Crippen molar-refractivity contribution in [2.45, 2.75) is 46.1 Å². The van der Waals surface area contributed by atoms with Gasteiger partial charge in [-0.2, -0.15) is 0 Å². The minimum Gasteiger partial charge on any atom is -0.478 e. The predicted molar refractivity (Wildman–Crippen MR) is 67.6 cm³/mol. The topological polar surface area (TPSA) is 72.3 Å². The molecule has 1 rings (SSSR count). The Morgan fingerprint density at radius 3 is 2.39 bits per heavy atom. The van der Waals surface area contributed by atoms with Crippen molar-refractivity contribution in [2.24, 2.45) is 0 Å². The molecule has 5 nitrogen and oxygen atoms in total. The van der Waals surface area contributed by atoms with Gasteiger partial charge in [-0.3, -0.25) is 0 Å². The van der Waals surface area contributed by atoms with Crippen LogP contribution in [0.15, 0.2) is 6.20 Å². The summed E-state index contributed by atoms with van der Waals surface area (Å²) in [4.78, 5) is 19.4. The van der Waals surface area contributed by atoms with Crippen molar-refractivity contribution in [3.05, 3.63) is 23.3 Å². The van der Waals surface area contributed by atoms with Gasteiger partial charge in [-0.25, -0.2) is 14.8 Å². The fourth-order valence-corrected chi connectivity index (χ4v) is 2.01. The van der Waals surface area contributed by atoms with Crippen LogP contribution in [-0.4, -0.2) is 27.7 Å². The van der Waals surface area contributed by atoms with Gasteiger partial charge in [-0.1, -0.05) is 13.8 Å². The van der Waals surface area contributed by atoms with E-state index in [0.29, 0.717) is 18.1 Å². The van der Waals surface area contributed by atoms with Crippen molar-refractivity contribution in [3.63, 3.8) is 0 Å². The lowest BCUT2D eigenvalue weighted by Gasteiger charge is -2.30. The van der Waals surface area contributed by atoms with E-state index in [1.807, 2.05) is 20.8 Å². The van der Waals surface area contributed by atoms with E-state index >= 15 is 0 Å². The second kappa shape index (κ2) is 5.91. The summed E-state index contributed by atoms with van der Waals surface area (Å²) in [5.41, 5.74) is 0.0890. The maximum absolute atomic E-state index is 10.9. The molecule has 100 valence electrons. The third-order valence-corrected chi connectivity index (χ3v) is 3.18. The number of aromatic nitrogens is 2. The summed E-state index contributed by atoms with van der Waals surface area (Å²) < 4.78 is 5.80. The van der Waals surface area contributed by atoms with E-state index < -0.39 is 11.6 Å². The van der Waals surface area contributed by atoms with E-state index in [4.69, 9.17) is 9.84 Å². The molecule has 0 radical (unpaired) electrons. The molecule has 0 aliphatic carbocycles. The Bertz CT molecular complexity index is 428. The fourth-order valence-electron chi connectivity index (χ4n) is 2.01. The van der Waals surface area contributed by atoms with E-state index in [0.717, 1.165) is 12.8 Å². The molecule has 0 fully saturated rings. The molecule has 0 aromatic carbocycles. The van der Waals surface area contributed by atoms with Gasteiger partial charge in [0.25, 0.3) is 0 Å². The molecule has 1 aromatic heterocycles. The van der Waals surface area contributed by atoms with Crippen LogP contribution in [0.5, 0.6) is 0 Å². The SMILES string of the molecule is CCOC(CC)(CC)c1ncc(C(=O)O)c(C)n1. The lowest BCUT2D eigenvalue weighted by molar-refractivity contribution is -0.0573. The fraction of sp³-hybridized carbons (Fsp3) is 0.615. The molecule has 0 bridgehead atoms. The van der Waals surface area contributed by atoms with Gasteiger partial charge in [0.15, 0.2) is 5.82 Å². The van der Waals surface area contributed by atoms with Gasteiger partial charge in [0.1, 0.15) is 5.60 Å². The maximum atomic E-state index is 10.9. The molecule has 0 aliphatic heterocycles. The number of aromatic carboxylic acids is 1. The molecule has 1 N–H and O–H groups in total. The molecule has 18 heavy (non-hydrogen) atoms. The predicted octanol–water partition coefficient (Wildman–Crippen LogP) is 2.54.